The molecule has 0 atom stereocenters. The molecule has 668 valence electrons. The molecule has 0 radical (unpaired) electrons. The topological polar surface area (TPSA) is 31.2 Å². The smallest absolute Gasteiger partial charge is 0.159 e. The molecule has 5 heteroatoms. The molecule has 0 spiro atoms. The molecule has 29 rings (SSSR count). The maximum Gasteiger partial charge on any atom is 0.159 e. The molecule has 0 fully saturated rings. The highest BCUT2D eigenvalue weighted by molar-refractivity contribution is 6.30. The van der Waals surface area contributed by atoms with Crippen molar-refractivity contribution in [2.24, 2.45) is 0 Å². The van der Waals surface area contributed by atoms with E-state index in [9.17, 15) is 0 Å². The van der Waals surface area contributed by atoms with Crippen molar-refractivity contribution in [2.45, 2.75) is 0 Å². The average molecular weight is 1820 g/mol. The Bertz CT molecular complexity index is 9550. The summed E-state index contributed by atoms with van der Waals surface area (Å²) in [7, 11) is 0. The minimum atomic E-state index is 0.861. The van der Waals surface area contributed by atoms with Crippen LogP contribution in [-0.2, 0) is 0 Å². The lowest BCUT2D eigenvalue weighted by molar-refractivity contribution is 0.670. The number of rotatable bonds is 13. The van der Waals surface area contributed by atoms with Gasteiger partial charge in [-0.05, 0) is 258 Å². The molecular weight excluding hydrogens is 1730 g/mol. The highest BCUT2D eigenvalue weighted by Crippen LogP contribution is 2.51. The van der Waals surface area contributed by atoms with Crippen molar-refractivity contribution in [1.82, 2.24) is 13.7 Å². The van der Waals surface area contributed by atoms with Gasteiger partial charge in [0.05, 0.1) is 38.8 Å². The Balaban J connectivity index is 0.000000107. The minimum Gasteiger partial charge on any atom is -0.453 e. The third-order valence-corrected chi connectivity index (χ3v) is 29.1. The summed E-state index contributed by atoms with van der Waals surface area (Å²) in [5.41, 5.74) is 32.7. The van der Waals surface area contributed by atoms with Crippen LogP contribution in [0, 0.1) is 0 Å². The molecule has 0 aliphatic rings. The molecule has 0 amide bonds. The molecule has 0 bridgehead atoms. The zero-order valence-corrected chi connectivity index (χ0v) is 78.2. The van der Waals surface area contributed by atoms with Crippen molar-refractivity contribution >= 4 is 169 Å². The van der Waals surface area contributed by atoms with Gasteiger partial charge in [0, 0.05) is 77.1 Å². The number of furan rings is 1. The highest BCUT2D eigenvalue weighted by atomic mass is 16.3. The normalized spacial score (nSPS) is 11.6. The van der Waals surface area contributed by atoms with E-state index < -0.39 is 0 Å². The van der Waals surface area contributed by atoms with Crippen LogP contribution in [0.25, 0.3) is 247 Å². The number of hydrogen-bond acceptors (Lipinski definition) is 2. The monoisotopic (exact) mass is 1820 g/mol. The van der Waals surface area contributed by atoms with E-state index in [1.165, 1.54) is 208 Å². The third kappa shape index (κ3) is 14.4. The Morgan fingerprint density at radius 2 is 0.462 bits per heavy atom. The van der Waals surface area contributed by atoms with E-state index in [4.69, 9.17) is 4.42 Å². The lowest BCUT2D eigenvalue weighted by atomic mass is 9.86. The fraction of sp³-hybridized carbons (Fsp3) is 0. The van der Waals surface area contributed by atoms with Crippen LogP contribution in [0.5, 0.6) is 0 Å². The van der Waals surface area contributed by atoms with E-state index in [1.54, 1.807) is 0 Å². The van der Waals surface area contributed by atoms with Crippen LogP contribution in [0.2, 0.25) is 0 Å². The number of benzene rings is 25. The van der Waals surface area contributed by atoms with E-state index in [0.29, 0.717) is 0 Å². The summed E-state index contributed by atoms with van der Waals surface area (Å²) >= 11 is 0. The number of aromatic nitrogens is 3. The van der Waals surface area contributed by atoms with Gasteiger partial charge >= 0.3 is 0 Å². The SMILES string of the molecule is c1ccc(-c2c3ccccc3c(-c3ccc(-n4c5ccc6ccccc6c5c5c6ccccc6ccc54)cc3)c3ccccc23)cc1.c1ccc(-c2ccc(N(c3ccc(-c4ccccc4)cc3)c3cccc4c3oc3c(-c5ccccc5)cc5ccccc5c34)cc2)cc1.c1ccc(-n2c3ccccc3c3cc(-c4ccc(-c5ccc6c(c5)c5ccccc5n6-c5ccccc5)c5ccccc45)ccc32)cc1. The molecule has 0 aliphatic heterocycles. The summed E-state index contributed by atoms with van der Waals surface area (Å²) in [4.78, 5) is 2.32. The van der Waals surface area contributed by atoms with Crippen molar-refractivity contribution in [3.63, 3.8) is 0 Å². The quantitative estimate of drug-likeness (QED) is 0.108. The molecule has 29 aromatic rings. The average Bonchev–Trinajstić information content (AvgIpc) is 1.67. The van der Waals surface area contributed by atoms with Crippen LogP contribution in [0.1, 0.15) is 0 Å². The van der Waals surface area contributed by atoms with Crippen molar-refractivity contribution in [3.8, 4) is 95.0 Å². The van der Waals surface area contributed by atoms with Gasteiger partial charge in [-0.2, -0.15) is 0 Å². The minimum absolute atomic E-state index is 0.861. The summed E-state index contributed by atoms with van der Waals surface area (Å²) in [5, 5.41) is 25.0. The molecular formula is C138H90N4O. The Labute approximate surface area is 827 Å². The molecule has 0 N–H and O–H groups in total. The van der Waals surface area contributed by atoms with Crippen molar-refractivity contribution in [2.75, 3.05) is 4.90 Å². The Morgan fingerprint density at radius 3 is 0.909 bits per heavy atom. The molecule has 0 saturated carbocycles. The van der Waals surface area contributed by atoms with Gasteiger partial charge in [-0.15, -0.1) is 0 Å². The lowest BCUT2D eigenvalue weighted by Crippen LogP contribution is -2.10. The van der Waals surface area contributed by atoms with Gasteiger partial charge in [-0.1, -0.05) is 425 Å². The maximum absolute atomic E-state index is 7.05. The predicted octanol–water partition coefficient (Wildman–Crippen LogP) is 38.3. The van der Waals surface area contributed by atoms with E-state index in [0.717, 1.165) is 55.8 Å². The van der Waals surface area contributed by atoms with Crippen molar-refractivity contribution < 1.29 is 4.42 Å². The first-order chi connectivity index (χ1) is 71.0. The first-order valence-corrected chi connectivity index (χ1v) is 49.2. The molecule has 0 unspecified atom stereocenters. The number of para-hydroxylation sites is 5. The van der Waals surface area contributed by atoms with Gasteiger partial charge < -0.3 is 23.0 Å². The molecule has 0 saturated heterocycles. The number of nitrogens with zero attached hydrogens (tertiary/aromatic N) is 4. The fourth-order valence-corrected chi connectivity index (χ4v) is 22.7. The molecule has 4 heterocycles. The first kappa shape index (κ1) is 83.4. The van der Waals surface area contributed by atoms with Crippen LogP contribution in [0.4, 0.5) is 17.1 Å². The summed E-state index contributed by atoms with van der Waals surface area (Å²) < 4.78 is 14.2. The van der Waals surface area contributed by atoms with E-state index in [2.05, 4.69) is 565 Å². The molecule has 4 aromatic heterocycles. The van der Waals surface area contributed by atoms with Gasteiger partial charge in [0.2, 0.25) is 0 Å². The molecule has 25 aromatic carbocycles. The van der Waals surface area contributed by atoms with Crippen LogP contribution < -0.4 is 4.90 Å². The second kappa shape index (κ2) is 35.3. The highest BCUT2D eigenvalue weighted by Gasteiger charge is 2.27. The van der Waals surface area contributed by atoms with Crippen molar-refractivity contribution in [3.05, 3.63) is 546 Å². The predicted molar refractivity (Wildman–Crippen MR) is 607 cm³/mol. The largest absolute Gasteiger partial charge is 0.453 e. The van der Waals surface area contributed by atoms with Crippen LogP contribution in [0.3, 0.4) is 0 Å². The summed E-state index contributed by atoms with van der Waals surface area (Å²) in [5.74, 6) is 0. The Kier molecular flexibility index (Phi) is 20.6. The van der Waals surface area contributed by atoms with Crippen LogP contribution in [-0.4, -0.2) is 13.7 Å². The van der Waals surface area contributed by atoms with Crippen LogP contribution in [0.15, 0.2) is 550 Å². The first-order valence-electron chi connectivity index (χ1n) is 49.2. The summed E-state index contributed by atoms with van der Waals surface area (Å²) in [6.45, 7) is 0. The number of fused-ring (bicyclic) bond motifs is 21. The third-order valence-electron chi connectivity index (χ3n) is 29.1. The van der Waals surface area contributed by atoms with Gasteiger partial charge in [0.25, 0.3) is 0 Å². The Morgan fingerprint density at radius 1 is 0.154 bits per heavy atom. The summed E-state index contributed by atoms with van der Waals surface area (Å²) in [6, 6.07) is 197. The zero-order chi connectivity index (χ0) is 94.4. The zero-order valence-electron chi connectivity index (χ0n) is 78.2. The molecule has 5 nitrogen and oxygen atoms in total. The molecule has 143 heavy (non-hydrogen) atoms. The van der Waals surface area contributed by atoms with Gasteiger partial charge in [0.15, 0.2) is 5.58 Å². The second-order valence-electron chi connectivity index (χ2n) is 37.1. The van der Waals surface area contributed by atoms with Gasteiger partial charge in [-0.3, -0.25) is 0 Å². The standard InChI is InChI=1S/C46H30N2.C46H31NO.C46H29N/c1-3-13-33(14-4-1)47-43-21-11-9-19-39(43)41-29-31(23-27-45(41)47)35-25-26-36(38-18-8-7-17-37(35)38)32-24-28-46-42(30-32)40-20-10-12-22-44(40)48(46)34-15-5-2-6-16-34;1-4-13-32(14-5-1)34-23-27-38(28-24-34)47(39-29-25-35(26-30-39)33-15-6-2-7-16-33)43-22-12-21-41-44-40-20-11-10-19-37(40)31-42(46(44)48-45(41)43)36-17-8-3-9-18-36;1-2-14-32(15-3-1)43-37-18-8-10-20-39(37)44(40-21-11-9-19-38(40)43)33-22-26-34(27-23-33)47-41-28-24-30-12-4-6-16-35(30)45(41)46-36-17-7-5-13-31(36)25-29-42(46)47/h1-30H;1-31H;1-29H. The number of hydrogen-bond donors (Lipinski definition) is 0. The van der Waals surface area contributed by atoms with Gasteiger partial charge in [0.1, 0.15) is 5.58 Å². The fourth-order valence-electron chi connectivity index (χ4n) is 22.7. The Hall–Kier alpha value is -18.9. The summed E-state index contributed by atoms with van der Waals surface area (Å²) in [6.07, 6.45) is 0. The number of anilines is 3. The molecule has 0 aliphatic carbocycles. The van der Waals surface area contributed by atoms with Crippen molar-refractivity contribution in [1.29, 1.82) is 0 Å². The maximum atomic E-state index is 7.05. The lowest BCUT2D eigenvalue weighted by Gasteiger charge is -2.26. The van der Waals surface area contributed by atoms with Crippen LogP contribution >= 0.6 is 0 Å². The van der Waals surface area contributed by atoms with E-state index in [-0.39, 0.29) is 0 Å². The second-order valence-corrected chi connectivity index (χ2v) is 37.1. The van der Waals surface area contributed by atoms with Gasteiger partial charge in [-0.25, -0.2) is 0 Å². The van der Waals surface area contributed by atoms with E-state index >= 15 is 0 Å². The van der Waals surface area contributed by atoms with E-state index in [1.807, 2.05) is 0 Å².